The molecule has 76 valence electrons. The summed E-state index contributed by atoms with van der Waals surface area (Å²) in [6.45, 7) is 6.44. The molecule has 1 aromatic rings. The van der Waals surface area contributed by atoms with Crippen LogP contribution >= 0.6 is 11.6 Å². The van der Waals surface area contributed by atoms with E-state index in [-0.39, 0.29) is 0 Å². The molecule has 0 aliphatic carbocycles. The largest absolute Gasteiger partial charge is 0.126 e. The molecule has 0 N–H and O–H groups in total. The Morgan fingerprint density at radius 1 is 1.07 bits per heavy atom. The van der Waals surface area contributed by atoms with E-state index in [1.807, 2.05) is 0 Å². The zero-order valence-corrected chi connectivity index (χ0v) is 9.86. The van der Waals surface area contributed by atoms with E-state index in [9.17, 15) is 0 Å². The van der Waals surface area contributed by atoms with Gasteiger partial charge in [-0.2, -0.15) is 0 Å². The fourth-order valence-corrected chi connectivity index (χ4v) is 1.56. The summed E-state index contributed by atoms with van der Waals surface area (Å²) in [5.41, 5.74) is 5.34. The molecule has 0 unspecified atom stereocenters. The Kier molecular flexibility index (Phi) is 4.21. The molecule has 0 heterocycles. The van der Waals surface area contributed by atoms with Crippen molar-refractivity contribution < 1.29 is 0 Å². The molecule has 0 nitrogen and oxygen atoms in total. The third-order valence-corrected chi connectivity index (χ3v) is 2.67. The summed E-state index contributed by atoms with van der Waals surface area (Å²) in [4.78, 5) is 0. The molecular weight excluding hydrogens is 192 g/mol. The van der Waals surface area contributed by atoms with Gasteiger partial charge in [0.2, 0.25) is 0 Å². The number of aryl methyl sites for hydroxylation is 3. The maximum Gasteiger partial charge on any atom is 0.0258 e. The summed E-state index contributed by atoms with van der Waals surface area (Å²) < 4.78 is 0. The van der Waals surface area contributed by atoms with Crippen molar-refractivity contribution in [1.82, 2.24) is 0 Å². The molecule has 1 heteroatoms. The highest BCUT2D eigenvalue weighted by atomic mass is 35.5. The second kappa shape index (κ2) is 5.21. The first-order chi connectivity index (χ1) is 6.65. The highest BCUT2D eigenvalue weighted by Gasteiger charge is 1.97. The highest BCUT2D eigenvalue weighted by molar-refractivity contribution is 6.17. The maximum absolute atomic E-state index is 5.61. The molecule has 1 aromatic carbocycles. The van der Waals surface area contributed by atoms with E-state index in [0.717, 1.165) is 6.42 Å². The van der Waals surface area contributed by atoms with Crippen molar-refractivity contribution in [2.24, 2.45) is 0 Å². The van der Waals surface area contributed by atoms with Crippen molar-refractivity contribution in [3.63, 3.8) is 0 Å². The van der Waals surface area contributed by atoms with Gasteiger partial charge >= 0.3 is 0 Å². The molecule has 0 atom stereocenters. The van der Waals surface area contributed by atoms with Crippen LogP contribution in [0, 0.1) is 20.8 Å². The van der Waals surface area contributed by atoms with E-state index >= 15 is 0 Å². The van der Waals surface area contributed by atoms with Gasteiger partial charge in [0, 0.05) is 5.88 Å². The second-order valence-corrected chi connectivity index (χ2v) is 4.05. The smallest absolute Gasteiger partial charge is 0.0258 e. The fraction of sp³-hybridized carbons (Fsp3) is 0.385. The zero-order chi connectivity index (χ0) is 10.6. The van der Waals surface area contributed by atoms with Crippen LogP contribution in [0.5, 0.6) is 0 Å². The van der Waals surface area contributed by atoms with Crippen LogP contribution < -0.4 is 0 Å². The Balaban J connectivity index is 2.92. The first-order valence-corrected chi connectivity index (χ1v) is 5.49. The van der Waals surface area contributed by atoms with Gasteiger partial charge in [-0.05, 0) is 49.4 Å². The normalized spacial score (nSPS) is 11.1. The number of alkyl halides is 1. The van der Waals surface area contributed by atoms with E-state index < -0.39 is 0 Å². The van der Waals surface area contributed by atoms with Crippen molar-refractivity contribution >= 4 is 17.7 Å². The molecule has 0 aliphatic rings. The fourth-order valence-electron chi connectivity index (χ4n) is 1.44. The van der Waals surface area contributed by atoms with Crippen LogP contribution in [0.15, 0.2) is 18.2 Å². The Morgan fingerprint density at radius 2 is 1.71 bits per heavy atom. The lowest BCUT2D eigenvalue weighted by Gasteiger charge is -2.05. The molecule has 0 fully saturated rings. The summed E-state index contributed by atoms with van der Waals surface area (Å²) >= 11 is 5.61. The van der Waals surface area contributed by atoms with Crippen LogP contribution in [-0.4, -0.2) is 5.88 Å². The number of allylic oxidation sites excluding steroid dienone is 1. The summed E-state index contributed by atoms with van der Waals surface area (Å²) in [6, 6.07) is 4.46. The average molecular weight is 209 g/mol. The van der Waals surface area contributed by atoms with Gasteiger partial charge in [0.05, 0.1) is 0 Å². The molecule has 0 amide bonds. The number of rotatable bonds is 3. The van der Waals surface area contributed by atoms with Gasteiger partial charge in [-0.3, -0.25) is 0 Å². The minimum absolute atomic E-state index is 0.695. The molecule has 0 saturated heterocycles. The molecule has 0 bridgehead atoms. The van der Waals surface area contributed by atoms with Gasteiger partial charge in [-0.25, -0.2) is 0 Å². The van der Waals surface area contributed by atoms with Crippen molar-refractivity contribution in [2.45, 2.75) is 27.2 Å². The van der Waals surface area contributed by atoms with Crippen LogP contribution in [-0.2, 0) is 0 Å². The van der Waals surface area contributed by atoms with E-state index in [1.165, 1.54) is 22.3 Å². The molecule has 1 rings (SSSR count). The Morgan fingerprint density at radius 3 is 2.36 bits per heavy atom. The summed E-state index contributed by atoms with van der Waals surface area (Å²) in [5, 5.41) is 0. The maximum atomic E-state index is 5.61. The number of hydrogen-bond acceptors (Lipinski definition) is 0. The highest BCUT2D eigenvalue weighted by Crippen LogP contribution is 2.16. The number of halogens is 1. The van der Waals surface area contributed by atoms with Crippen LogP contribution in [0.2, 0.25) is 0 Å². The van der Waals surface area contributed by atoms with E-state index in [0.29, 0.717) is 5.88 Å². The van der Waals surface area contributed by atoms with E-state index in [4.69, 9.17) is 11.6 Å². The Hall–Kier alpha value is -0.750. The predicted molar refractivity (Wildman–Crippen MR) is 65.0 cm³/mol. The Bertz CT molecular complexity index is 337. The molecule has 0 aromatic heterocycles. The molecule has 14 heavy (non-hydrogen) atoms. The van der Waals surface area contributed by atoms with Gasteiger partial charge in [0.1, 0.15) is 0 Å². The average Bonchev–Trinajstić information content (AvgIpc) is 2.14. The lowest BCUT2D eigenvalue weighted by molar-refractivity contribution is 1.24. The lowest BCUT2D eigenvalue weighted by atomic mass is 10.0. The van der Waals surface area contributed by atoms with Gasteiger partial charge < -0.3 is 0 Å². The number of benzene rings is 1. The van der Waals surface area contributed by atoms with Gasteiger partial charge in [0.25, 0.3) is 0 Å². The standard InChI is InChI=1S/C13H17Cl/c1-10-8-12(3)13(9-11(10)2)6-4-5-7-14/h4,6,8-9H,5,7H2,1-3H3. The van der Waals surface area contributed by atoms with Gasteiger partial charge in [0.15, 0.2) is 0 Å². The van der Waals surface area contributed by atoms with Crippen molar-refractivity contribution in [3.8, 4) is 0 Å². The summed E-state index contributed by atoms with van der Waals surface area (Å²) in [6.07, 6.45) is 5.22. The minimum Gasteiger partial charge on any atom is -0.126 e. The van der Waals surface area contributed by atoms with Crippen LogP contribution in [0.25, 0.3) is 6.08 Å². The first kappa shape index (κ1) is 11.3. The quantitative estimate of drug-likeness (QED) is 0.652. The SMILES string of the molecule is Cc1cc(C)c(C=CCCCl)cc1C. The van der Waals surface area contributed by atoms with Crippen molar-refractivity contribution in [1.29, 1.82) is 0 Å². The number of hydrogen-bond donors (Lipinski definition) is 0. The topological polar surface area (TPSA) is 0 Å². The molecular formula is C13H17Cl. The monoisotopic (exact) mass is 208 g/mol. The van der Waals surface area contributed by atoms with Crippen LogP contribution in [0.4, 0.5) is 0 Å². The Labute approximate surface area is 91.6 Å². The van der Waals surface area contributed by atoms with E-state index in [1.54, 1.807) is 0 Å². The van der Waals surface area contributed by atoms with Crippen molar-refractivity contribution in [2.75, 3.05) is 5.88 Å². The van der Waals surface area contributed by atoms with Crippen molar-refractivity contribution in [3.05, 3.63) is 40.5 Å². The minimum atomic E-state index is 0.695. The van der Waals surface area contributed by atoms with Crippen LogP contribution in [0.1, 0.15) is 28.7 Å². The van der Waals surface area contributed by atoms with Gasteiger partial charge in [-0.1, -0.05) is 24.3 Å². The third kappa shape index (κ3) is 2.88. The van der Waals surface area contributed by atoms with Gasteiger partial charge in [-0.15, -0.1) is 11.6 Å². The zero-order valence-electron chi connectivity index (χ0n) is 9.10. The lowest BCUT2D eigenvalue weighted by Crippen LogP contribution is -1.87. The molecule has 0 aliphatic heterocycles. The first-order valence-electron chi connectivity index (χ1n) is 4.95. The second-order valence-electron chi connectivity index (χ2n) is 3.67. The third-order valence-electron chi connectivity index (χ3n) is 2.46. The summed E-state index contributed by atoms with van der Waals surface area (Å²) in [7, 11) is 0. The summed E-state index contributed by atoms with van der Waals surface area (Å²) in [5.74, 6) is 0.695. The molecule has 0 radical (unpaired) electrons. The van der Waals surface area contributed by atoms with Crippen LogP contribution in [0.3, 0.4) is 0 Å². The van der Waals surface area contributed by atoms with E-state index in [2.05, 4.69) is 45.1 Å². The molecule has 0 spiro atoms. The molecule has 0 saturated carbocycles. The predicted octanol–water partition coefficient (Wildman–Crippen LogP) is 4.25.